The molecule has 0 aliphatic carbocycles. The minimum absolute atomic E-state index is 0.00310. The molecule has 0 aromatic heterocycles. The third kappa shape index (κ3) is 5.39. The molecule has 2 aromatic carbocycles. The fourth-order valence-electron chi connectivity index (χ4n) is 2.48. The summed E-state index contributed by atoms with van der Waals surface area (Å²) < 4.78 is 8.51. The summed E-state index contributed by atoms with van der Waals surface area (Å²) in [5, 5.41) is 0. The van der Waals surface area contributed by atoms with Gasteiger partial charge < -0.3 is 0 Å². The molecule has 23 heavy (non-hydrogen) atoms. The van der Waals surface area contributed by atoms with E-state index < -0.39 is 20.6 Å². The zero-order valence-electron chi connectivity index (χ0n) is 13.9. The van der Waals surface area contributed by atoms with Crippen molar-refractivity contribution in [1.29, 1.82) is 0 Å². The van der Waals surface area contributed by atoms with Crippen LogP contribution in [0.25, 0.3) is 0 Å². The van der Waals surface area contributed by atoms with E-state index in [-0.39, 0.29) is 11.9 Å². The number of hydrogen-bond acceptors (Lipinski definition) is 2. The van der Waals surface area contributed by atoms with Gasteiger partial charge in [-0.1, -0.05) is 0 Å². The summed E-state index contributed by atoms with van der Waals surface area (Å²) in [6.45, 7) is 4.24. The van der Waals surface area contributed by atoms with Gasteiger partial charge in [0, 0.05) is 0 Å². The number of hydrogen-bond donors (Lipinski definition) is 0. The van der Waals surface area contributed by atoms with Gasteiger partial charge in [-0.2, -0.15) is 0 Å². The average Bonchev–Trinajstić information content (AvgIpc) is 2.62. The van der Waals surface area contributed by atoms with Gasteiger partial charge in [0.1, 0.15) is 0 Å². The molecule has 2 aromatic rings. The molecule has 0 fully saturated rings. The molecule has 0 radical (unpaired) electrons. The number of benzene rings is 2. The van der Waals surface area contributed by atoms with Crippen molar-refractivity contribution in [2.75, 3.05) is 0 Å². The Morgan fingerprint density at radius 1 is 0.957 bits per heavy atom. The van der Waals surface area contributed by atoms with Gasteiger partial charge in [0.15, 0.2) is 0 Å². The summed E-state index contributed by atoms with van der Waals surface area (Å²) in [7, 11) is 0. The molecule has 0 bridgehead atoms. The van der Waals surface area contributed by atoms with Gasteiger partial charge in [0.2, 0.25) is 0 Å². The van der Waals surface area contributed by atoms with E-state index in [4.69, 9.17) is 3.02 Å². The Bertz CT molecular complexity index is 544. The van der Waals surface area contributed by atoms with Gasteiger partial charge in [-0.25, -0.2) is 0 Å². The number of carbonyl (C=O) groups excluding carboxylic acids is 1. The normalized spacial score (nSPS) is 12.1. The monoisotopic (exact) mass is 418 g/mol. The molecule has 0 saturated heterocycles. The molecule has 1 unspecified atom stereocenters. The second kappa shape index (κ2) is 9.78. The first-order chi connectivity index (χ1) is 11.3. The van der Waals surface area contributed by atoms with Crippen LogP contribution in [0.15, 0.2) is 60.7 Å². The molecule has 3 heteroatoms. The second-order valence-electron chi connectivity index (χ2n) is 5.62. The van der Waals surface area contributed by atoms with Gasteiger partial charge in [-0.3, -0.25) is 0 Å². The quantitative estimate of drug-likeness (QED) is 0.612. The Hall–Kier alpha value is -1.27. The first kappa shape index (κ1) is 18.1. The second-order valence-corrected chi connectivity index (χ2v) is 10.8. The zero-order valence-corrected chi connectivity index (χ0v) is 16.5. The van der Waals surface area contributed by atoms with Crippen molar-refractivity contribution in [2.24, 2.45) is 5.92 Å². The first-order valence-corrected chi connectivity index (χ1v) is 12.0. The minimum atomic E-state index is -2.48. The van der Waals surface area contributed by atoms with Crippen LogP contribution in [-0.4, -0.2) is 26.6 Å². The summed E-state index contributed by atoms with van der Waals surface area (Å²) in [6, 6.07) is 20.5. The van der Waals surface area contributed by atoms with Gasteiger partial charge in [-0.15, -0.1) is 0 Å². The van der Waals surface area contributed by atoms with Crippen molar-refractivity contribution >= 4 is 33.6 Å². The van der Waals surface area contributed by atoms with E-state index in [1.54, 1.807) is 0 Å². The van der Waals surface area contributed by atoms with Crippen molar-refractivity contribution in [3.05, 3.63) is 60.7 Å². The van der Waals surface area contributed by atoms with Crippen LogP contribution in [0, 0.1) is 5.92 Å². The van der Waals surface area contributed by atoms with E-state index >= 15 is 0 Å². The summed E-state index contributed by atoms with van der Waals surface area (Å²) in [6.07, 6.45) is 3.99. The molecular formula is C20H25O2Sb. The average molecular weight is 419 g/mol. The van der Waals surface area contributed by atoms with E-state index in [2.05, 4.69) is 38.1 Å². The fraction of sp³-hybridized carbons (Fsp3) is 0.350. The number of unbranched alkanes of at least 4 members (excludes halogenated alkanes) is 1. The summed E-state index contributed by atoms with van der Waals surface area (Å²) in [5.41, 5.74) is 0. The van der Waals surface area contributed by atoms with Crippen LogP contribution in [0.1, 0.15) is 39.5 Å². The molecule has 0 aliphatic heterocycles. The SMILES string of the molecule is CCCCC(CC)C(=O)[O][Sb]([c]1ccccc1)[c]1ccccc1. The zero-order chi connectivity index (χ0) is 16.5. The molecule has 0 spiro atoms. The van der Waals surface area contributed by atoms with E-state index in [0.717, 1.165) is 25.7 Å². The summed E-state index contributed by atoms with van der Waals surface area (Å²) in [5.74, 6) is 0.0334. The van der Waals surface area contributed by atoms with E-state index in [9.17, 15) is 4.79 Å². The maximum absolute atomic E-state index is 12.7. The van der Waals surface area contributed by atoms with Crippen molar-refractivity contribution in [2.45, 2.75) is 39.5 Å². The molecule has 0 saturated carbocycles. The van der Waals surface area contributed by atoms with E-state index in [0.29, 0.717) is 0 Å². The Kier molecular flexibility index (Phi) is 7.68. The molecule has 0 aliphatic rings. The fourth-order valence-corrected chi connectivity index (χ4v) is 7.40. The molecule has 1 atom stereocenters. The molecule has 2 rings (SSSR count). The van der Waals surface area contributed by atoms with Gasteiger partial charge in [-0.05, 0) is 0 Å². The van der Waals surface area contributed by atoms with Crippen molar-refractivity contribution < 1.29 is 7.81 Å². The van der Waals surface area contributed by atoms with Crippen molar-refractivity contribution in [3.8, 4) is 0 Å². The molecule has 0 amide bonds. The van der Waals surface area contributed by atoms with Crippen LogP contribution < -0.4 is 7.02 Å². The Morgan fingerprint density at radius 3 is 1.91 bits per heavy atom. The van der Waals surface area contributed by atoms with Crippen LogP contribution in [-0.2, 0) is 7.81 Å². The van der Waals surface area contributed by atoms with Crippen LogP contribution in [0.4, 0.5) is 0 Å². The Morgan fingerprint density at radius 2 is 1.48 bits per heavy atom. The van der Waals surface area contributed by atoms with Crippen LogP contribution >= 0.6 is 0 Å². The third-order valence-corrected chi connectivity index (χ3v) is 9.31. The van der Waals surface area contributed by atoms with Crippen LogP contribution in [0.3, 0.4) is 0 Å². The van der Waals surface area contributed by atoms with Gasteiger partial charge in [0.25, 0.3) is 0 Å². The predicted octanol–water partition coefficient (Wildman–Crippen LogP) is 3.55. The molecule has 0 heterocycles. The van der Waals surface area contributed by atoms with Gasteiger partial charge in [0.05, 0.1) is 0 Å². The molecular weight excluding hydrogens is 394 g/mol. The molecule has 0 N–H and O–H groups in total. The maximum atomic E-state index is 12.7. The van der Waals surface area contributed by atoms with Crippen molar-refractivity contribution in [3.63, 3.8) is 0 Å². The Labute approximate surface area is 147 Å². The van der Waals surface area contributed by atoms with E-state index in [1.165, 1.54) is 7.02 Å². The van der Waals surface area contributed by atoms with Crippen LogP contribution in [0.5, 0.6) is 0 Å². The summed E-state index contributed by atoms with van der Waals surface area (Å²) in [4.78, 5) is 12.7. The summed E-state index contributed by atoms with van der Waals surface area (Å²) >= 11 is -2.48. The third-order valence-electron chi connectivity index (χ3n) is 3.89. The first-order valence-electron chi connectivity index (χ1n) is 8.38. The Balaban J connectivity index is 2.20. The topological polar surface area (TPSA) is 26.3 Å². The number of rotatable bonds is 8. The standard InChI is InChI=1S/C8H16O2.2C6H5.Sb/c1-3-5-6-7(4-2)8(9)10;2*1-2-4-6-5-3-1;/h7H,3-6H2,1-2H3,(H,9,10);2*1-5H;/q;;;+1/p-1. The van der Waals surface area contributed by atoms with Crippen LogP contribution in [0.2, 0.25) is 0 Å². The van der Waals surface area contributed by atoms with Crippen molar-refractivity contribution in [1.82, 2.24) is 0 Å². The number of carbonyl (C=O) groups is 1. The molecule has 2 nitrogen and oxygen atoms in total. The predicted molar refractivity (Wildman–Crippen MR) is 97.3 cm³/mol. The van der Waals surface area contributed by atoms with E-state index in [1.807, 2.05) is 36.4 Å². The van der Waals surface area contributed by atoms with Gasteiger partial charge >= 0.3 is 148 Å². The molecule has 122 valence electrons.